The van der Waals surface area contributed by atoms with Gasteiger partial charge in [-0.15, -0.1) is 0 Å². The van der Waals surface area contributed by atoms with Crippen LogP contribution in [0.15, 0.2) is 48.8 Å². The number of rotatable bonds is 6. The fourth-order valence-electron chi connectivity index (χ4n) is 3.08. The number of carbonyl (C=O) groups is 1. The second-order valence-electron chi connectivity index (χ2n) is 6.45. The lowest BCUT2D eigenvalue weighted by atomic mass is 10.1. The van der Waals surface area contributed by atoms with Crippen molar-refractivity contribution in [2.45, 2.75) is 13.0 Å². The summed E-state index contributed by atoms with van der Waals surface area (Å²) in [6, 6.07) is 12.0. The standard InChI is InChI=1S/C20H26N4O2/c1-26-19-6-2-4-17(14-19)7-9-23-10-12-24(13-11-23)20(25)22-16-18-5-3-8-21-15-18/h2-6,8,14-15H,7,9-13,16H2,1H3,(H,22,25). The molecule has 0 aliphatic carbocycles. The molecule has 1 saturated heterocycles. The van der Waals surface area contributed by atoms with Crippen LogP contribution in [0.5, 0.6) is 5.75 Å². The largest absolute Gasteiger partial charge is 0.497 e. The molecule has 0 atom stereocenters. The van der Waals surface area contributed by atoms with Crippen LogP contribution in [0, 0.1) is 0 Å². The van der Waals surface area contributed by atoms with Crippen molar-refractivity contribution in [3.8, 4) is 5.75 Å². The number of nitrogens with zero attached hydrogens (tertiary/aromatic N) is 3. The molecule has 2 heterocycles. The molecule has 1 aliphatic heterocycles. The number of nitrogens with one attached hydrogen (secondary N) is 1. The van der Waals surface area contributed by atoms with Gasteiger partial charge in [-0.3, -0.25) is 9.88 Å². The summed E-state index contributed by atoms with van der Waals surface area (Å²) in [4.78, 5) is 20.6. The number of urea groups is 1. The lowest BCUT2D eigenvalue weighted by Gasteiger charge is -2.34. The first kappa shape index (κ1) is 18.2. The number of benzene rings is 1. The molecular weight excluding hydrogens is 328 g/mol. The highest BCUT2D eigenvalue weighted by molar-refractivity contribution is 5.74. The lowest BCUT2D eigenvalue weighted by Crippen LogP contribution is -2.51. The van der Waals surface area contributed by atoms with E-state index in [2.05, 4.69) is 27.3 Å². The molecule has 1 aliphatic rings. The maximum atomic E-state index is 12.3. The molecule has 0 spiro atoms. The van der Waals surface area contributed by atoms with Crippen LogP contribution in [0.25, 0.3) is 0 Å². The zero-order chi connectivity index (χ0) is 18.2. The van der Waals surface area contributed by atoms with E-state index < -0.39 is 0 Å². The van der Waals surface area contributed by atoms with Crippen molar-refractivity contribution < 1.29 is 9.53 Å². The number of carbonyl (C=O) groups excluding carboxylic acids is 1. The van der Waals surface area contributed by atoms with E-state index in [0.717, 1.165) is 50.5 Å². The molecule has 1 N–H and O–H groups in total. The number of pyridine rings is 1. The van der Waals surface area contributed by atoms with Crippen LogP contribution in [-0.2, 0) is 13.0 Å². The Morgan fingerprint density at radius 2 is 1.96 bits per heavy atom. The normalized spacial score (nSPS) is 14.9. The number of hydrogen-bond acceptors (Lipinski definition) is 4. The predicted octanol–water partition coefficient (Wildman–Crippen LogP) is 2.16. The molecule has 0 radical (unpaired) electrons. The van der Waals surface area contributed by atoms with Gasteiger partial charge in [-0.1, -0.05) is 18.2 Å². The summed E-state index contributed by atoms with van der Waals surface area (Å²) in [7, 11) is 1.69. The number of ether oxygens (including phenoxy) is 1. The maximum Gasteiger partial charge on any atom is 0.317 e. The summed E-state index contributed by atoms with van der Waals surface area (Å²) < 4.78 is 5.27. The molecule has 0 bridgehead atoms. The molecule has 1 aromatic heterocycles. The van der Waals surface area contributed by atoms with Crippen LogP contribution in [0.3, 0.4) is 0 Å². The summed E-state index contributed by atoms with van der Waals surface area (Å²) >= 11 is 0. The van der Waals surface area contributed by atoms with Gasteiger partial charge in [0.25, 0.3) is 0 Å². The van der Waals surface area contributed by atoms with Gasteiger partial charge < -0.3 is 15.0 Å². The number of amides is 2. The van der Waals surface area contributed by atoms with Gasteiger partial charge in [0.15, 0.2) is 0 Å². The van der Waals surface area contributed by atoms with Crippen molar-refractivity contribution in [1.29, 1.82) is 0 Å². The Kier molecular flexibility index (Phi) is 6.44. The average Bonchev–Trinajstić information content (AvgIpc) is 2.72. The summed E-state index contributed by atoms with van der Waals surface area (Å²) in [5, 5.41) is 2.97. The Labute approximate surface area is 154 Å². The molecule has 2 aromatic rings. The second-order valence-corrected chi connectivity index (χ2v) is 6.45. The Morgan fingerprint density at radius 3 is 2.69 bits per heavy atom. The highest BCUT2D eigenvalue weighted by Crippen LogP contribution is 2.13. The summed E-state index contributed by atoms with van der Waals surface area (Å²) in [5.74, 6) is 0.901. The van der Waals surface area contributed by atoms with Gasteiger partial charge in [0.2, 0.25) is 0 Å². The van der Waals surface area contributed by atoms with Crippen LogP contribution in [-0.4, -0.2) is 60.6 Å². The SMILES string of the molecule is COc1cccc(CCN2CCN(C(=O)NCc3cccnc3)CC2)c1. The van der Waals surface area contributed by atoms with Crippen molar-refractivity contribution in [2.24, 2.45) is 0 Å². The molecule has 138 valence electrons. The molecule has 2 amide bonds. The molecule has 6 heteroatoms. The Balaban J connectivity index is 1.38. The molecule has 1 aromatic carbocycles. The van der Waals surface area contributed by atoms with Crippen LogP contribution < -0.4 is 10.1 Å². The van der Waals surface area contributed by atoms with E-state index >= 15 is 0 Å². The van der Waals surface area contributed by atoms with E-state index in [-0.39, 0.29) is 6.03 Å². The number of piperazine rings is 1. The zero-order valence-corrected chi connectivity index (χ0v) is 15.2. The number of aromatic nitrogens is 1. The molecule has 0 unspecified atom stereocenters. The van der Waals surface area contributed by atoms with Crippen molar-refractivity contribution in [3.63, 3.8) is 0 Å². The third-order valence-electron chi connectivity index (χ3n) is 4.68. The van der Waals surface area contributed by atoms with E-state index in [4.69, 9.17) is 4.74 Å². The average molecular weight is 354 g/mol. The van der Waals surface area contributed by atoms with Gasteiger partial charge >= 0.3 is 6.03 Å². The quantitative estimate of drug-likeness (QED) is 0.864. The van der Waals surface area contributed by atoms with Gasteiger partial charge in [0.05, 0.1) is 7.11 Å². The number of methoxy groups -OCH3 is 1. The molecule has 0 saturated carbocycles. The molecule has 6 nitrogen and oxygen atoms in total. The van der Waals surface area contributed by atoms with E-state index in [1.165, 1.54) is 5.56 Å². The molecule has 3 rings (SSSR count). The van der Waals surface area contributed by atoms with Crippen molar-refractivity contribution >= 4 is 6.03 Å². The van der Waals surface area contributed by atoms with E-state index in [0.29, 0.717) is 6.54 Å². The third kappa shape index (κ3) is 5.20. The van der Waals surface area contributed by atoms with Crippen molar-refractivity contribution in [1.82, 2.24) is 20.1 Å². The van der Waals surface area contributed by atoms with E-state index in [1.807, 2.05) is 29.2 Å². The third-order valence-corrected chi connectivity index (χ3v) is 4.68. The minimum absolute atomic E-state index is 0.00120. The van der Waals surface area contributed by atoms with Gasteiger partial charge in [-0.25, -0.2) is 4.79 Å². The number of hydrogen-bond donors (Lipinski definition) is 1. The first-order valence-electron chi connectivity index (χ1n) is 9.01. The topological polar surface area (TPSA) is 57.7 Å². The van der Waals surface area contributed by atoms with E-state index in [9.17, 15) is 4.79 Å². The monoisotopic (exact) mass is 354 g/mol. The zero-order valence-electron chi connectivity index (χ0n) is 15.2. The van der Waals surface area contributed by atoms with E-state index in [1.54, 1.807) is 19.5 Å². The predicted molar refractivity (Wildman–Crippen MR) is 101 cm³/mol. The van der Waals surface area contributed by atoms with Gasteiger partial charge in [-0.05, 0) is 35.7 Å². The summed E-state index contributed by atoms with van der Waals surface area (Å²) in [6.45, 7) is 4.85. The minimum Gasteiger partial charge on any atom is -0.497 e. The minimum atomic E-state index is 0.00120. The Hall–Kier alpha value is -2.60. The smallest absolute Gasteiger partial charge is 0.317 e. The van der Waals surface area contributed by atoms with Crippen molar-refractivity contribution in [3.05, 3.63) is 59.9 Å². The molecule has 1 fully saturated rings. The molecule has 26 heavy (non-hydrogen) atoms. The second kappa shape index (κ2) is 9.20. The Bertz CT molecular complexity index is 700. The fraction of sp³-hybridized carbons (Fsp3) is 0.400. The highest BCUT2D eigenvalue weighted by Gasteiger charge is 2.20. The maximum absolute atomic E-state index is 12.3. The van der Waals surface area contributed by atoms with Gasteiger partial charge in [0, 0.05) is 51.7 Å². The van der Waals surface area contributed by atoms with Crippen LogP contribution in [0.1, 0.15) is 11.1 Å². The Morgan fingerprint density at radius 1 is 1.15 bits per heavy atom. The first-order valence-corrected chi connectivity index (χ1v) is 9.01. The highest BCUT2D eigenvalue weighted by atomic mass is 16.5. The van der Waals surface area contributed by atoms with Crippen molar-refractivity contribution in [2.75, 3.05) is 39.8 Å². The first-order chi connectivity index (χ1) is 12.7. The van der Waals surface area contributed by atoms with Gasteiger partial charge in [-0.2, -0.15) is 0 Å². The molecular formula is C20H26N4O2. The fourth-order valence-corrected chi connectivity index (χ4v) is 3.08. The van der Waals surface area contributed by atoms with Crippen LogP contribution >= 0.6 is 0 Å². The van der Waals surface area contributed by atoms with Crippen LogP contribution in [0.4, 0.5) is 4.79 Å². The summed E-state index contributed by atoms with van der Waals surface area (Å²) in [5.41, 5.74) is 2.29. The lowest BCUT2D eigenvalue weighted by molar-refractivity contribution is 0.140. The summed E-state index contributed by atoms with van der Waals surface area (Å²) in [6.07, 6.45) is 4.50. The van der Waals surface area contributed by atoms with Crippen LogP contribution in [0.2, 0.25) is 0 Å². The van der Waals surface area contributed by atoms with Gasteiger partial charge in [0.1, 0.15) is 5.75 Å².